The van der Waals surface area contributed by atoms with E-state index in [0.717, 1.165) is 16.6 Å². The highest BCUT2D eigenvalue weighted by atomic mass is 16.5. The van der Waals surface area contributed by atoms with Gasteiger partial charge in [0.05, 0.1) is 29.3 Å². The molecule has 0 spiro atoms. The quantitative estimate of drug-likeness (QED) is 0.628. The number of hydrogen-bond acceptors (Lipinski definition) is 3. The highest BCUT2D eigenvalue weighted by Gasteiger charge is 2.12. The number of hydrogen-bond donors (Lipinski definition) is 1. The summed E-state index contributed by atoms with van der Waals surface area (Å²) in [7, 11) is -1.21. The molecule has 0 saturated heterocycles. The second-order valence-corrected chi connectivity index (χ2v) is 5.40. The summed E-state index contributed by atoms with van der Waals surface area (Å²) in [4.78, 5) is 16.2. The molecule has 0 fully saturated rings. The SMILES string of the molecule is [2H]C([2H])([2H])Oc1cc2ccn(-c3cccc4[nH]ccc34)c(=O)c2cc1OC. The fraction of sp³-hybridized carbons (Fsp3) is 0.105. The third kappa shape index (κ3) is 2.06. The lowest BCUT2D eigenvalue weighted by molar-refractivity contribution is 0.356. The van der Waals surface area contributed by atoms with Crippen LogP contribution in [-0.4, -0.2) is 23.7 Å². The van der Waals surface area contributed by atoms with Gasteiger partial charge in [-0.25, -0.2) is 0 Å². The molecule has 0 atom stereocenters. The Kier molecular flexibility index (Phi) is 2.58. The molecular formula is C19H16N2O3. The molecule has 0 radical (unpaired) electrons. The molecule has 0 aliphatic heterocycles. The van der Waals surface area contributed by atoms with Crippen molar-refractivity contribution in [1.82, 2.24) is 9.55 Å². The topological polar surface area (TPSA) is 56.2 Å². The number of pyridine rings is 1. The van der Waals surface area contributed by atoms with Crippen molar-refractivity contribution in [3.05, 3.63) is 65.2 Å². The lowest BCUT2D eigenvalue weighted by Crippen LogP contribution is -2.17. The first-order chi connectivity index (χ1) is 12.9. The van der Waals surface area contributed by atoms with E-state index in [-0.39, 0.29) is 17.1 Å². The molecular weight excluding hydrogens is 304 g/mol. The highest BCUT2D eigenvalue weighted by Crippen LogP contribution is 2.31. The molecule has 0 unspecified atom stereocenters. The lowest BCUT2D eigenvalue weighted by atomic mass is 10.1. The zero-order valence-corrected chi connectivity index (χ0v) is 12.9. The van der Waals surface area contributed by atoms with Crippen molar-refractivity contribution in [2.75, 3.05) is 14.1 Å². The largest absolute Gasteiger partial charge is 0.493 e. The molecule has 120 valence electrons. The monoisotopic (exact) mass is 323 g/mol. The van der Waals surface area contributed by atoms with Gasteiger partial charge in [0.25, 0.3) is 5.56 Å². The summed E-state index contributed by atoms with van der Waals surface area (Å²) in [6.45, 7) is 0. The van der Waals surface area contributed by atoms with Crippen LogP contribution in [0.5, 0.6) is 11.5 Å². The Labute approximate surface area is 142 Å². The van der Waals surface area contributed by atoms with E-state index in [0.29, 0.717) is 10.8 Å². The highest BCUT2D eigenvalue weighted by molar-refractivity contribution is 5.89. The maximum absolute atomic E-state index is 13.1. The van der Waals surface area contributed by atoms with Crippen molar-refractivity contribution in [2.45, 2.75) is 0 Å². The molecule has 2 heterocycles. The minimum absolute atomic E-state index is 0.0647. The maximum atomic E-state index is 13.1. The third-order valence-electron chi connectivity index (χ3n) is 4.13. The summed E-state index contributed by atoms with van der Waals surface area (Å²) in [5.41, 5.74) is 1.45. The van der Waals surface area contributed by atoms with Crippen molar-refractivity contribution in [3.63, 3.8) is 0 Å². The van der Waals surface area contributed by atoms with Gasteiger partial charge in [-0.05, 0) is 41.8 Å². The van der Waals surface area contributed by atoms with E-state index in [1.54, 1.807) is 16.8 Å². The Morgan fingerprint density at radius 1 is 1.08 bits per heavy atom. The molecule has 4 rings (SSSR count). The van der Waals surface area contributed by atoms with E-state index in [2.05, 4.69) is 4.98 Å². The van der Waals surface area contributed by atoms with E-state index >= 15 is 0 Å². The van der Waals surface area contributed by atoms with E-state index in [4.69, 9.17) is 13.6 Å². The number of rotatable bonds is 3. The first kappa shape index (κ1) is 11.3. The van der Waals surface area contributed by atoms with Crippen molar-refractivity contribution in [2.24, 2.45) is 0 Å². The van der Waals surface area contributed by atoms with Crippen LogP contribution in [0, 0.1) is 0 Å². The van der Waals surface area contributed by atoms with Crippen LogP contribution in [0.4, 0.5) is 0 Å². The van der Waals surface area contributed by atoms with E-state index in [1.165, 1.54) is 19.2 Å². The second kappa shape index (κ2) is 5.45. The Hall–Kier alpha value is -3.21. The molecule has 0 amide bonds. The fourth-order valence-corrected chi connectivity index (χ4v) is 2.96. The Morgan fingerprint density at radius 2 is 1.96 bits per heavy atom. The molecule has 0 aliphatic carbocycles. The van der Waals surface area contributed by atoms with Gasteiger partial charge in [-0.15, -0.1) is 0 Å². The first-order valence-electron chi connectivity index (χ1n) is 8.86. The van der Waals surface area contributed by atoms with Crippen LogP contribution in [0.2, 0.25) is 0 Å². The van der Waals surface area contributed by atoms with Gasteiger partial charge >= 0.3 is 0 Å². The average molecular weight is 323 g/mol. The maximum Gasteiger partial charge on any atom is 0.263 e. The summed E-state index contributed by atoms with van der Waals surface area (Å²) in [6.07, 6.45) is 3.49. The number of methoxy groups -OCH3 is 2. The molecule has 4 aromatic rings. The zero-order chi connectivity index (χ0) is 19.2. The molecule has 0 bridgehead atoms. The van der Waals surface area contributed by atoms with Crippen LogP contribution in [0.1, 0.15) is 4.11 Å². The van der Waals surface area contributed by atoms with Crippen LogP contribution in [0.25, 0.3) is 27.4 Å². The molecule has 24 heavy (non-hydrogen) atoms. The number of nitrogens with one attached hydrogen (secondary N) is 1. The normalized spacial score (nSPS) is 13.5. The van der Waals surface area contributed by atoms with Crippen molar-refractivity contribution < 1.29 is 13.6 Å². The number of ether oxygens (including phenoxy) is 2. The lowest BCUT2D eigenvalue weighted by Gasteiger charge is -2.12. The van der Waals surface area contributed by atoms with Gasteiger partial charge in [0.15, 0.2) is 11.5 Å². The minimum atomic E-state index is -2.61. The van der Waals surface area contributed by atoms with Gasteiger partial charge in [-0.1, -0.05) is 6.07 Å². The Balaban J connectivity index is 1.94. The summed E-state index contributed by atoms with van der Waals surface area (Å²) >= 11 is 0. The minimum Gasteiger partial charge on any atom is -0.493 e. The van der Waals surface area contributed by atoms with E-state index in [1.807, 2.05) is 30.5 Å². The van der Waals surface area contributed by atoms with Crippen LogP contribution >= 0.6 is 0 Å². The molecule has 0 saturated carbocycles. The molecule has 2 aromatic carbocycles. The van der Waals surface area contributed by atoms with Crippen LogP contribution in [0.15, 0.2) is 59.7 Å². The number of H-pyrrole nitrogens is 1. The van der Waals surface area contributed by atoms with Crippen molar-refractivity contribution in [1.29, 1.82) is 0 Å². The smallest absolute Gasteiger partial charge is 0.263 e. The number of aromatic nitrogens is 2. The molecule has 2 aromatic heterocycles. The Bertz CT molecular complexity index is 1210. The molecule has 1 N–H and O–H groups in total. The van der Waals surface area contributed by atoms with E-state index in [9.17, 15) is 4.79 Å². The van der Waals surface area contributed by atoms with Crippen molar-refractivity contribution >= 4 is 21.7 Å². The zero-order valence-electron chi connectivity index (χ0n) is 15.9. The van der Waals surface area contributed by atoms with Gasteiger partial charge in [0.1, 0.15) is 0 Å². The summed E-state index contributed by atoms with van der Waals surface area (Å²) in [5, 5.41) is 1.89. The third-order valence-corrected chi connectivity index (χ3v) is 4.13. The number of aromatic amines is 1. The summed E-state index contributed by atoms with van der Waals surface area (Å²) < 4.78 is 33.6. The van der Waals surface area contributed by atoms with Crippen LogP contribution in [0.3, 0.4) is 0 Å². The summed E-state index contributed by atoms with van der Waals surface area (Å²) in [5.74, 6) is 0.253. The molecule has 5 nitrogen and oxygen atoms in total. The number of nitrogens with zero attached hydrogens (tertiary/aromatic N) is 1. The van der Waals surface area contributed by atoms with Gasteiger partial charge < -0.3 is 14.5 Å². The van der Waals surface area contributed by atoms with Crippen LogP contribution < -0.4 is 15.0 Å². The fourth-order valence-electron chi connectivity index (χ4n) is 2.96. The number of fused-ring (bicyclic) bond motifs is 2. The van der Waals surface area contributed by atoms with Crippen molar-refractivity contribution in [3.8, 4) is 17.2 Å². The summed E-state index contributed by atoms with van der Waals surface area (Å²) in [6, 6.07) is 12.3. The second-order valence-electron chi connectivity index (χ2n) is 5.40. The molecule has 5 heteroatoms. The Morgan fingerprint density at radius 3 is 2.79 bits per heavy atom. The van der Waals surface area contributed by atoms with Gasteiger partial charge in [-0.2, -0.15) is 0 Å². The van der Waals surface area contributed by atoms with Gasteiger partial charge in [0, 0.05) is 23.3 Å². The van der Waals surface area contributed by atoms with Gasteiger partial charge in [0.2, 0.25) is 0 Å². The average Bonchev–Trinajstić information content (AvgIpc) is 3.09. The standard InChI is InChI=1S/C19H16N2O3/c1-23-17-10-12-7-9-21(19(22)14(12)11-18(17)24-2)16-5-3-4-15-13(16)6-8-20-15/h3-11,20H,1-2H3/i1D3. The first-order valence-corrected chi connectivity index (χ1v) is 7.36. The van der Waals surface area contributed by atoms with E-state index < -0.39 is 7.04 Å². The van der Waals surface area contributed by atoms with Crippen LogP contribution in [-0.2, 0) is 0 Å². The predicted molar refractivity (Wildman–Crippen MR) is 94.5 cm³/mol. The van der Waals surface area contributed by atoms with Gasteiger partial charge in [-0.3, -0.25) is 9.36 Å². The molecule has 0 aliphatic rings. The number of benzene rings is 2. The predicted octanol–water partition coefficient (Wildman–Crippen LogP) is 3.49.